The van der Waals surface area contributed by atoms with Gasteiger partial charge in [-0.25, -0.2) is 0 Å². The molecule has 1 aliphatic rings. The fourth-order valence-corrected chi connectivity index (χ4v) is 5.65. The maximum Gasteiger partial charge on any atom is 0.223 e. The second-order valence-corrected chi connectivity index (χ2v) is 9.19. The van der Waals surface area contributed by atoms with E-state index in [-0.39, 0.29) is 0 Å². The molecule has 0 aliphatic carbocycles. The smallest absolute Gasteiger partial charge is 0.223 e. The standard InChI is InChI=1S/C15H24O3Si/c1-4-18-19(5-2,6-3)15-9-7-13(8-10-15)16-11-14-12-17-14/h7-10,14H,4-6,11-12H2,1-3H3. The van der Waals surface area contributed by atoms with Crippen LogP contribution in [0.1, 0.15) is 20.8 Å². The van der Waals surface area contributed by atoms with Gasteiger partial charge in [0.05, 0.1) is 6.61 Å². The van der Waals surface area contributed by atoms with Crippen molar-refractivity contribution >= 4 is 13.5 Å². The molecule has 2 rings (SSSR count). The Morgan fingerprint density at radius 2 is 1.79 bits per heavy atom. The number of benzene rings is 1. The van der Waals surface area contributed by atoms with E-state index in [1.165, 1.54) is 5.19 Å². The lowest BCUT2D eigenvalue weighted by molar-refractivity contribution is 0.263. The topological polar surface area (TPSA) is 31.0 Å². The van der Waals surface area contributed by atoms with Gasteiger partial charge in [-0.3, -0.25) is 0 Å². The quantitative estimate of drug-likeness (QED) is 0.542. The molecule has 1 fully saturated rings. The summed E-state index contributed by atoms with van der Waals surface area (Å²) in [5.74, 6) is 0.922. The van der Waals surface area contributed by atoms with Crippen LogP contribution in [0.25, 0.3) is 0 Å². The van der Waals surface area contributed by atoms with E-state index in [1.807, 2.05) is 0 Å². The summed E-state index contributed by atoms with van der Waals surface area (Å²) >= 11 is 0. The molecule has 4 heteroatoms. The lowest BCUT2D eigenvalue weighted by atomic mass is 10.3. The van der Waals surface area contributed by atoms with Crippen molar-refractivity contribution in [2.45, 2.75) is 39.0 Å². The minimum Gasteiger partial charge on any atom is -0.491 e. The lowest BCUT2D eigenvalue weighted by Gasteiger charge is -2.29. The molecule has 1 aliphatic heterocycles. The summed E-state index contributed by atoms with van der Waals surface area (Å²) in [6.07, 6.45) is 0.308. The Morgan fingerprint density at radius 3 is 2.26 bits per heavy atom. The number of hydrogen-bond donors (Lipinski definition) is 0. The second kappa shape index (κ2) is 6.55. The van der Waals surface area contributed by atoms with Gasteiger partial charge in [0.25, 0.3) is 0 Å². The van der Waals surface area contributed by atoms with Gasteiger partial charge in [0.2, 0.25) is 8.32 Å². The minimum absolute atomic E-state index is 0.308. The summed E-state index contributed by atoms with van der Waals surface area (Å²) < 4.78 is 17.0. The molecule has 0 bridgehead atoms. The van der Waals surface area contributed by atoms with E-state index in [0.29, 0.717) is 12.7 Å². The summed E-state index contributed by atoms with van der Waals surface area (Å²) in [4.78, 5) is 0. The zero-order valence-corrected chi connectivity index (χ0v) is 13.1. The van der Waals surface area contributed by atoms with Gasteiger partial charge in [-0.15, -0.1) is 0 Å². The fraction of sp³-hybridized carbons (Fsp3) is 0.600. The summed E-state index contributed by atoms with van der Waals surface area (Å²) in [5.41, 5.74) is 0. The summed E-state index contributed by atoms with van der Waals surface area (Å²) in [7, 11) is -1.76. The Morgan fingerprint density at radius 1 is 1.16 bits per heavy atom. The van der Waals surface area contributed by atoms with Crippen LogP contribution in [-0.2, 0) is 9.16 Å². The van der Waals surface area contributed by atoms with Gasteiger partial charge in [0, 0.05) is 6.61 Å². The molecule has 0 amide bonds. The van der Waals surface area contributed by atoms with Crippen molar-refractivity contribution in [3.8, 4) is 5.75 Å². The summed E-state index contributed by atoms with van der Waals surface area (Å²) in [6.45, 7) is 8.85. The first-order valence-corrected chi connectivity index (χ1v) is 9.55. The maximum atomic E-state index is 6.14. The molecule has 0 radical (unpaired) electrons. The summed E-state index contributed by atoms with van der Waals surface area (Å²) in [6, 6.07) is 10.7. The van der Waals surface area contributed by atoms with Gasteiger partial charge in [-0.1, -0.05) is 26.0 Å². The first-order chi connectivity index (χ1) is 9.24. The largest absolute Gasteiger partial charge is 0.491 e. The first kappa shape index (κ1) is 14.6. The third-order valence-corrected chi connectivity index (χ3v) is 8.29. The van der Waals surface area contributed by atoms with E-state index in [0.717, 1.165) is 31.1 Å². The molecule has 3 nitrogen and oxygen atoms in total. The Hall–Kier alpha value is -0.843. The molecule has 1 saturated heterocycles. The van der Waals surface area contributed by atoms with Gasteiger partial charge in [0.15, 0.2) is 0 Å². The average molecular weight is 280 g/mol. The Kier molecular flexibility index (Phi) is 5.02. The van der Waals surface area contributed by atoms with E-state index in [9.17, 15) is 0 Å². The van der Waals surface area contributed by atoms with Crippen molar-refractivity contribution in [1.82, 2.24) is 0 Å². The Labute approximate surface area is 117 Å². The van der Waals surface area contributed by atoms with Crippen molar-refractivity contribution < 1.29 is 13.9 Å². The van der Waals surface area contributed by atoms with E-state index >= 15 is 0 Å². The molecule has 1 atom stereocenters. The Bertz CT molecular complexity index is 383. The molecule has 1 unspecified atom stereocenters. The SMILES string of the molecule is CCO[Si](CC)(CC)c1ccc(OCC2CO2)cc1. The molecule has 0 N–H and O–H groups in total. The molecule has 0 saturated carbocycles. The predicted molar refractivity (Wildman–Crippen MR) is 79.7 cm³/mol. The predicted octanol–water partition coefficient (Wildman–Crippen LogP) is 2.69. The van der Waals surface area contributed by atoms with E-state index < -0.39 is 8.32 Å². The van der Waals surface area contributed by atoms with Gasteiger partial charge < -0.3 is 13.9 Å². The Balaban J connectivity index is 2.05. The highest BCUT2D eigenvalue weighted by Crippen LogP contribution is 2.19. The van der Waals surface area contributed by atoms with E-state index in [1.54, 1.807) is 0 Å². The number of epoxide rings is 1. The number of rotatable bonds is 8. The molecular weight excluding hydrogens is 256 g/mol. The minimum atomic E-state index is -1.76. The highest BCUT2D eigenvalue weighted by molar-refractivity contribution is 6.86. The van der Waals surface area contributed by atoms with Crippen LogP contribution >= 0.6 is 0 Å². The fourth-order valence-electron chi connectivity index (χ4n) is 2.43. The lowest BCUT2D eigenvalue weighted by Crippen LogP contribution is -2.49. The normalized spacial score (nSPS) is 18.4. The van der Waals surface area contributed by atoms with Crippen LogP contribution in [0, 0.1) is 0 Å². The van der Waals surface area contributed by atoms with E-state index in [4.69, 9.17) is 13.9 Å². The van der Waals surface area contributed by atoms with Crippen LogP contribution < -0.4 is 9.92 Å². The van der Waals surface area contributed by atoms with Crippen LogP contribution in [0.4, 0.5) is 0 Å². The molecule has 0 spiro atoms. The zero-order chi connectivity index (χ0) is 13.7. The van der Waals surface area contributed by atoms with Crippen molar-refractivity contribution in [2.24, 2.45) is 0 Å². The molecule has 106 valence electrons. The van der Waals surface area contributed by atoms with Crippen LogP contribution in [-0.4, -0.2) is 34.2 Å². The van der Waals surface area contributed by atoms with Crippen LogP contribution in [0.3, 0.4) is 0 Å². The number of hydrogen-bond acceptors (Lipinski definition) is 3. The van der Waals surface area contributed by atoms with Gasteiger partial charge in [-0.2, -0.15) is 0 Å². The van der Waals surface area contributed by atoms with Gasteiger partial charge in [-0.05, 0) is 36.3 Å². The van der Waals surface area contributed by atoms with E-state index in [2.05, 4.69) is 45.0 Å². The van der Waals surface area contributed by atoms with Gasteiger partial charge in [0.1, 0.15) is 18.5 Å². The molecule has 1 aromatic rings. The molecule has 1 aromatic carbocycles. The average Bonchev–Trinajstić information content (AvgIpc) is 3.28. The summed E-state index contributed by atoms with van der Waals surface area (Å²) in [5, 5.41) is 1.37. The van der Waals surface area contributed by atoms with Crippen LogP contribution in [0.2, 0.25) is 12.1 Å². The van der Waals surface area contributed by atoms with Gasteiger partial charge >= 0.3 is 0 Å². The first-order valence-electron chi connectivity index (χ1n) is 7.23. The third-order valence-electron chi connectivity index (χ3n) is 3.78. The molecule has 0 aromatic heterocycles. The van der Waals surface area contributed by atoms with Crippen LogP contribution in [0.5, 0.6) is 5.75 Å². The molecule has 1 heterocycles. The highest BCUT2D eigenvalue weighted by Gasteiger charge is 2.33. The zero-order valence-electron chi connectivity index (χ0n) is 12.1. The molecule has 19 heavy (non-hydrogen) atoms. The van der Waals surface area contributed by atoms with Crippen molar-refractivity contribution in [1.29, 1.82) is 0 Å². The number of ether oxygens (including phenoxy) is 2. The monoisotopic (exact) mass is 280 g/mol. The van der Waals surface area contributed by atoms with Crippen molar-refractivity contribution in [3.63, 3.8) is 0 Å². The van der Waals surface area contributed by atoms with Crippen molar-refractivity contribution in [3.05, 3.63) is 24.3 Å². The second-order valence-electron chi connectivity index (χ2n) is 4.93. The maximum absolute atomic E-state index is 6.14. The third kappa shape index (κ3) is 3.59. The van der Waals surface area contributed by atoms with Crippen LogP contribution in [0.15, 0.2) is 24.3 Å². The molecular formula is C15H24O3Si. The highest BCUT2D eigenvalue weighted by atomic mass is 28.4. The van der Waals surface area contributed by atoms with Crippen molar-refractivity contribution in [2.75, 3.05) is 19.8 Å².